The zero-order valence-electron chi connectivity index (χ0n) is 11.4. The standard InChI is InChI=1S/C14H24ClNS/c1-5-7-11(15)8-6-9-13-16-12(10-17-13)14(2,3)4/h10-11H,5-9H2,1-4H3. The monoisotopic (exact) mass is 273 g/mol. The molecule has 1 rings (SSSR count). The van der Waals surface area contributed by atoms with Crippen LogP contribution in [0.15, 0.2) is 5.38 Å². The van der Waals surface area contributed by atoms with Crippen molar-refractivity contribution < 1.29 is 0 Å². The van der Waals surface area contributed by atoms with Gasteiger partial charge in [-0.2, -0.15) is 0 Å². The maximum absolute atomic E-state index is 6.21. The summed E-state index contributed by atoms with van der Waals surface area (Å²) in [6.07, 6.45) is 5.66. The van der Waals surface area contributed by atoms with Gasteiger partial charge in [0.1, 0.15) is 0 Å². The van der Waals surface area contributed by atoms with Gasteiger partial charge in [0.05, 0.1) is 10.7 Å². The zero-order valence-corrected chi connectivity index (χ0v) is 13.0. The average Bonchev–Trinajstić information content (AvgIpc) is 2.66. The molecule has 0 saturated heterocycles. The Morgan fingerprint density at radius 3 is 2.59 bits per heavy atom. The predicted molar refractivity (Wildman–Crippen MR) is 78.3 cm³/mol. The number of halogens is 1. The van der Waals surface area contributed by atoms with E-state index in [2.05, 4.69) is 33.1 Å². The first-order valence-corrected chi connectivity index (χ1v) is 7.84. The van der Waals surface area contributed by atoms with E-state index in [-0.39, 0.29) is 5.41 Å². The molecule has 0 aliphatic rings. The molecule has 0 radical (unpaired) electrons. The maximum atomic E-state index is 6.21. The second kappa shape index (κ2) is 6.75. The Hall–Kier alpha value is -0.0800. The van der Waals surface area contributed by atoms with Gasteiger partial charge in [-0.05, 0) is 25.7 Å². The van der Waals surface area contributed by atoms with E-state index < -0.39 is 0 Å². The van der Waals surface area contributed by atoms with Crippen LogP contribution in [0.4, 0.5) is 0 Å². The van der Waals surface area contributed by atoms with Gasteiger partial charge in [-0.25, -0.2) is 4.98 Å². The number of thiazole rings is 1. The van der Waals surface area contributed by atoms with Gasteiger partial charge in [-0.1, -0.05) is 34.1 Å². The van der Waals surface area contributed by atoms with Gasteiger partial charge < -0.3 is 0 Å². The minimum absolute atomic E-state index is 0.173. The molecule has 98 valence electrons. The summed E-state index contributed by atoms with van der Waals surface area (Å²) in [4.78, 5) is 4.70. The molecule has 0 amide bonds. The number of alkyl halides is 1. The summed E-state index contributed by atoms with van der Waals surface area (Å²) < 4.78 is 0. The van der Waals surface area contributed by atoms with Gasteiger partial charge in [0, 0.05) is 16.2 Å². The Balaban J connectivity index is 2.35. The van der Waals surface area contributed by atoms with Crippen molar-refractivity contribution in [2.75, 3.05) is 0 Å². The highest BCUT2D eigenvalue weighted by atomic mass is 35.5. The minimum atomic E-state index is 0.173. The Morgan fingerprint density at radius 1 is 1.35 bits per heavy atom. The summed E-state index contributed by atoms with van der Waals surface area (Å²) in [6.45, 7) is 8.82. The van der Waals surface area contributed by atoms with Crippen LogP contribution in [-0.4, -0.2) is 10.4 Å². The lowest BCUT2D eigenvalue weighted by molar-refractivity contribution is 0.569. The molecule has 0 N–H and O–H groups in total. The molecule has 0 aromatic carbocycles. The number of aryl methyl sites for hydroxylation is 1. The van der Waals surface area contributed by atoms with Crippen LogP contribution in [0.3, 0.4) is 0 Å². The van der Waals surface area contributed by atoms with Crippen LogP contribution in [0.1, 0.15) is 64.1 Å². The molecule has 1 atom stereocenters. The molecular weight excluding hydrogens is 250 g/mol. The number of rotatable bonds is 6. The van der Waals surface area contributed by atoms with Crippen LogP contribution in [0.5, 0.6) is 0 Å². The van der Waals surface area contributed by atoms with E-state index in [9.17, 15) is 0 Å². The molecular formula is C14H24ClNS. The van der Waals surface area contributed by atoms with Crippen LogP contribution in [-0.2, 0) is 11.8 Å². The van der Waals surface area contributed by atoms with Gasteiger partial charge in [-0.3, -0.25) is 0 Å². The van der Waals surface area contributed by atoms with E-state index >= 15 is 0 Å². The first-order chi connectivity index (χ1) is 7.93. The second-order valence-corrected chi connectivity index (χ2v) is 7.21. The summed E-state index contributed by atoms with van der Waals surface area (Å²) in [6, 6.07) is 0. The molecule has 17 heavy (non-hydrogen) atoms. The zero-order chi connectivity index (χ0) is 12.9. The largest absolute Gasteiger partial charge is 0.246 e. The van der Waals surface area contributed by atoms with Crippen LogP contribution in [0, 0.1) is 0 Å². The van der Waals surface area contributed by atoms with E-state index in [1.54, 1.807) is 11.3 Å². The molecule has 0 bridgehead atoms. The quantitative estimate of drug-likeness (QED) is 0.652. The molecule has 1 aromatic heterocycles. The van der Waals surface area contributed by atoms with E-state index in [1.165, 1.54) is 17.1 Å². The van der Waals surface area contributed by atoms with E-state index in [0.717, 1.165) is 25.7 Å². The lowest BCUT2D eigenvalue weighted by Crippen LogP contribution is -2.11. The number of aromatic nitrogens is 1. The second-order valence-electron chi connectivity index (χ2n) is 5.65. The highest BCUT2D eigenvalue weighted by Gasteiger charge is 2.17. The predicted octanol–water partition coefficient (Wildman–Crippen LogP) is 5.17. The Labute approximate surface area is 115 Å². The molecule has 0 aliphatic carbocycles. The van der Waals surface area contributed by atoms with Crippen LogP contribution >= 0.6 is 22.9 Å². The van der Waals surface area contributed by atoms with E-state index in [0.29, 0.717) is 5.38 Å². The SMILES string of the molecule is CCCC(Cl)CCCc1nc(C(C)(C)C)cs1. The van der Waals surface area contributed by atoms with Crippen LogP contribution < -0.4 is 0 Å². The van der Waals surface area contributed by atoms with E-state index in [1.807, 2.05) is 0 Å². The van der Waals surface area contributed by atoms with Gasteiger partial charge in [0.25, 0.3) is 0 Å². The first kappa shape index (κ1) is 15.0. The molecule has 0 fully saturated rings. The Morgan fingerprint density at radius 2 is 2.06 bits per heavy atom. The fourth-order valence-electron chi connectivity index (χ4n) is 1.70. The number of hydrogen-bond donors (Lipinski definition) is 0. The Kier molecular flexibility index (Phi) is 5.94. The molecule has 1 aromatic rings. The molecule has 1 nitrogen and oxygen atoms in total. The lowest BCUT2D eigenvalue weighted by atomic mass is 9.93. The fraction of sp³-hybridized carbons (Fsp3) is 0.786. The summed E-state index contributed by atoms with van der Waals surface area (Å²) in [5, 5.41) is 3.80. The summed E-state index contributed by atoms with van der Waals surface area (Å²) in [5.41, 5.74) is 1.39. The summed E-state index contributed by atoms with van der Waals surface area (Å²) >= 11 is 8.00. The van der Waals surface area contributed by atoms with Crippen molar-refractivity contribution in [3.05, 3.63) is 16.1 Å². The lowest BCUT2D eigenvalue weighted by Gasteiger charge is -2.14. The van der Waals surface area contributed by atoms with Crippen molar-refractivity contribution in [2.45, 2.75) is 70.6 Å². The third-order valence-electron chi connectivity index (χ3n) is 2.83. The van der Waals surface area contributed by atoms with Crippen molar-refractivity contribution in [1.29, 1.82) is 0 Å². The smallest absolute Gasteiger partial charge is 0.0928 e. The maximum Gasteiger partial charge on any atom is 0.0928 e. The molecule has 0 aliphatic heterocycles. The normalized spacial score (nSPS) is 13.9. The molecule has 3 heteroatoms. The van der Waals surface area contributed by atoms with Crippen molar-refractivity contribution in [1.82, 2.24) is 4.98 Å². The average molecular weight is 274 g/mol. The van der Waals surface area contributed by atoms with Crippen molar-refractivity contribution in [3.8, 4) is 0 Å². The van der Waals surface area contributed by atoms with Crippen molar-refractivity contribution in [2.24, 2.45) is 0 Å². The summed E-state index contributed by atoms with van der Waals surface area (Å²) in [5.74, 6) is 0. The molecule has 0 spiro atoms. The first-order valence-electron chi connectivity index (χ1n) is 6.52. The third-order valence-corrected chi connectivity index (χ3v) is 4.18. The van der Waals surface area contributed by atoms with Crippen LogP contribution in [0.2, 0.25) is 0 Å². The highest BCUT2D eigenvalue weighted by Crippen LogP contribution is 2.25. The van der Waals surface area contributed by atoms with Crippen LogP contribution in [0.25, 0.3) is 0 Å². The fourth-order valence-corrected chi connectivity index (χ4v) is 3.14. The van der Waals surface area contributed by atoms with Gasteiger partial charge in [0.15, 0.2) is 0 Å². The molecule has 1 heterocycles. The topological polar surface area (TPSA) is 12.9 Å². The number of hydrogen-bond acceptors (Lipinski definition) is 2. The highest BCUT2D eigenvalue weighted by molar-refractivity contribution is 7.09. The number of nitrogens with zero attached hydrogens (tertiary/aromatic N) is 1. The van der Waals surface area contributed by atoms with Gasteiger partial charge >= 0.3 is 0 Å². The molecule has 0 saturated carbocycles. The van der Waals surface area contributed by atoms with E-state index in [4.69, 9.17) is 16.6 Å². The molecule has 1 unspecified atom stereocenters. The van der Waals surface area contributed by atoms with Crippen molar-refractivity contribution in [3.63, 3.8) is 0 Å². The Bertz CT molecular complexity index is 327. The third kappa shape index (κ3) is 5.39. The van der Waals surface area contributed by atoms with Gasteiger partial charge in [-0.15, -0.1) is 22.9 Å². The minimum Gasteiger partial charge on any atom is -0.246 e. The van der Waals surface area contributed by atoms with Crippen molar-refractivity contribution >= 4 is 22.9 Å². The van der Waals surface area contributed by atoms with Gasteiger partial charge in [0.2, 0.25) is 0 Å². The summed E-state index contributed by atoms with van der Waals surface area (Å²) in [7, 11) is 0.